The van der Waals surface area contributed by atoms with E-state index in [1.807, 2.05) is 57.2 Å². The number of allylic oxidation sites excluding steroid dienone is 3. The number of phenols is 1. The number of hydrogen-bond acceptors (Lipinski definition) is 4. The Bertz CT molecular complexity index is 1300. The van der Waals surface area contributed by atoms with Crippen LogP contribution in [0.3, 0.4) is 0 Å². The van der Waals surface area contributed by atoms with Gasteiger partial charge in [0.1, 0.15) is 11.5 Å². The van der Waals surface area contributed by atoms with Gasteiger partial charge >= 0.3 is 0 Å². The molecule has 0 fully saturated rings. The highest BCUT2D eigenvalue weighted by Crippen LogP contribution is 2.40. The Labute approximate surface area is 203 Å². The van der Waals surface area contributed by atoms with Crippen LogP contribution in [0.5, 0.6) is 11.5 Å². The van der Waals surface area contributed by atoms with E-state index >= 15 is 0 Å². The van der Waals surface area contributed by atoms with Crippen molar-refractivity contribution in [3.8, 4) is 11.5 Å². The number of sulfone groups is 1. The lowest BCUT2D eigenvalue weighted by Gasteiger charge is -2.17. The van der Waals surface area contributed by atoms with Crippen LogP contribution in [0.2, 0.25) is 0 Å². The molecular weight excluding hydrogens is 444 g/mol. The Balaban J connectivity index is 1.70. The normalized spacial score (nSPS) is 12.8. The van der Waals surface area contributed by atoms with Crippen molar-refractivity contribution in [1.82, 2.24) is 0 Å². The van der Waals surface area contributed by atoms with Gasteiger partial charge in [-0.25, -0.2) is 8.42 Å². The highest BCUT2D eigenvalue weighted by atomic mass is 32.2. The van der Waals surface area contributed by atoms with Gasteiger partial charge in [0.25, 0.3) is 0 Å². The number of aromatic hydroxyl groups is 1. The molecule has 0 spiro atoms. The highest BCUT2D eigenvalue weighted by molar-refractivity contribution is 7.91. The second-order valence-corrected chi connectivity index (χ2v) is 10.7. The molecule has 5 heteroatoms. The summed E-state index contributed by atoms with van der Waals surface area (Å²) in [5, 5.41) is 12.5. The topological polar surface area (TPSA) is 63.6 Å². The number of phenolic OH excluding ortho intramolecular Hbond substituents is 1. The summed E-state index contributed by atoms with van der Waals surface area (Å²) in [6.45, 7) is 8.41. The maximum absolute atomic E-state index is 12.6. The average Bonchev–Trinajstić information content (AvgIpc) is 2.82. The lowest BCUT2D eigenvalue weighted by molar-refractivity contribution is 0.340. The zero-order chi connectivity index (χ0) is 24.7. The maximum Gasteiger partial charge on any atom is 0.182 e. The van der Waals surface area contributed by atoms with Crippen LogP contribution >= 0.6 is 0 Å². The first kappa shape index (κ1) is 25.6. The molecule has 0 atom stereocenters. The van der Waals surface area contributed by atoms with E-state index in [0.29, 0.717) is 23.7 Å². The molecular formula is C29H34O4S. The van der Waals surface area contributed by atoms with Gasteiger partial charge in [-0.3, -0.25) is 0 Å². The second kappa shape index (κ2) is 11.4. The van der Waals surface area contributed by atoms with Gasteiger partial charge in [0.05, 0.1) is 17.3 Å². The summed E-state index contributed by atoms with van der Waals surface area (Å²) < 4.78 is 31.1. The van der Waals surface area contributed by atoms with E-state index in [1.54, 1.807) is 24.3 Å². The summed E-state index contributed by atoms with van der Waals surface area (Å²) in [6, 6.07) is 16.3. The first-order chi connectivity index (χ1) is 16.2. The summed E-state index contributed by atoms with van der Waals surface area (Å²) >= 11 is 0. The summed E-state index contributed by atoms with van der Waals surface area (Å²) in [6.07, 6.45) is 6.46. The summed E-state index contributed by atoms with van der Waals surface area (Å²) in [5.41, 5.74) is 3.90. The lowest BCUT2D eigenvalue weighted by Crippen LogP contribution is -2.07. The van der Waals surface area contributed by atoms with E-state index in [2.05, 4.69) is 13.0 Å². The van der Waals surface area contributed by atoms with Gasteiger partial charge < -0.3 is 9.84 Å². The van der Waals surface area contributed by atoms with Crippen LogP contribution in [-0.4, -0.2) is 25.9 Å². The van der Waals surface area contributed by atoms with Crippen molar-refractivity contribution in [2.45, 2.75) is 51.9 Å². The number of benzene rings is 3. The molecule has 0 aliphatic carbocycles. The van der Waals surface area contributed by atoms with Crippen LogP contribution in [0.25, 0.3) is 10.8 Å². The summed E-state index contributed by atoms with van der Waals surface area (Å²) in [4.78, 5) is 0.359. The Hall–Kier alpha value is -3.05. The molecule has 3 aromatic rings. The Morgan fingerprint density at radius 1 is 0.941 bits per heavy atom. The van der Waals surface area contributed by atoms with Crippen molar-refractivity contribution in [3.63, 3.8) is 0 Å². The van der Waals surface area contributed by atoms with Crippen LogP contribution in [0.4, 0.5) is 0 Å². The molecule has 0 saturated carbocycles. The molecule has 0 radical (unpaired) electrons. The SMILES string of the molecule is CCOc1c(C/C=C(\C)CC/C=C(\C)CS(=O)(=O)c2ccccc2)c(C)c(O)c2ccccc12. The second-order valence-electron chi connectivity index (χ2n) is 8.68. The van der Waals surface area contributed by atoms with Gasteiger partial charge in [0.15, 0.2) is 9.84 Å². The van der Waals surface area contributed by atoms with E-state index < -0.39 is 9.84 Å². The number of rotatable bonds is 10. The van der Waals surface area contributed by atoms with Crippen LogP contribution in [0.15, 0.2) is 82.8 Å². The van der Waals surface area contributed by atoms with Crippen molar-refractivity contribution in [1.29, 1.82) is 0 Å². The number of fused-ring (bicyclic) bond motifs is 1. The van der Waals surface area contributed by atoms with E-state index in [1.165, 1.54) is 5.57 Å². The molecule has 1 N–H and O–H groups in total. The largest absolute Gasteiger partial charge is 0.507 e. The van der Waals surface area contributed by atoms with E-state index in [9.17, 15) is 13.5 Å². The fraction of sp³-hybridized carbons (Fsp3) is 0.310. The summed E-state index contributed by atoms with van der Waals surface area (Å²) in [5.74, 6) is 1.17. The van der Waals surface area contributed by atoms with Gasteiger partial charge in [0, 0.05) is 16.3 Å². The van der Waals surface area contributed by atoms with Gasteiger partial charge in [-0.05, 0) is 64.7 Å². The first-order valence-electron chi connectivity index (χ1n) is 11.7. The van der Waals surface area contributed by atoms with E-state index in [4.69, 9.17) is 4.74 Å². The van der Waals surface area contributed by atoms with E-state index in [0.717, 1.165) is 46.1 Å². The third-order valence-electron chi connectivity index (χ3n) is 6.00. The highest BCUT2D eigenvalue weighted by Gasteiger charge is 2.17. The third-order valence-corrected chi connectivity index (χ3v) is 7.83. The minimum Gasteiger partial charge on any atom is -0.507 e. The molecule has 0 saturated heterocycles. The predicted molar refractivity (Wildman–Crippen MR) is 140 cm³/mol. The lowest BCUT2D eigenvalue weighted by atomic mass is 9.95. The molecule has 0 bridgehead atoms. The quantitative estimate of drug-likeness (QED) is 0.321. The molecule has 0 unspecified atom stereocenters. The zero-order valence-corrected chi connectivity index (χ0v) is 21.3. The molecule has 0 aliphatic rings. The van der Waals surface area contributed by atoms with Gasteiger partial charge in [-0.2, -0.15) is 0 Å². The maximum atomic E-state index is 12.6. The molecule has 3 aromatic carbocycles. The van der Waals surface area contributed by atoms with Gasteiger partial charge in [0.2, 0.25) is 0 Å². The molecule has 4 nitrogen and oxygen atoms in total. The van der Waals surface area contributed by atoms with Crippen molar-refractivity contribution in [2.75, 3.05) is 12.4 Å². The molecule has 0 heterocycles. The van der Waals surface area contributed by atoms with Crippen molar-refractivity contribution in [3.05, 3.63) is 89.0 Å². The van der Waals surface area contributed by atoms with Crippen LogP contribution in [-0.2, 0) is 16.3 Å². The first-order valence-corrected chi connectivity index (χ1v) is 13.3. The minimum absolute atomic E-state index is 0.0348. The Morgan fingerprint density at radius 3 is 2.26 bits per heavy atom. The van der Waals surface area contributed by atoms with Crippen LogP contribution in [0, 0.1) is 6.92 Å². The van der Waals surface area contributed by atoms with Crippen molar-refractivity contribution < 1.29 is 18.3 Å². The fourth-order valence-electron chi connectivity index (χ4n) is 4.11. The molecule has 3 rings (SSSR count). The fourth-order valence-corrected chi connectivity index (χ4v) is 5.57. The average molecular weight is 479 g/mol. The molecule has 0 aromatic heterocycles. The Kier molecular flexibility index (Phi) is 8.56. The summed E-state index contributed by atoms with van der Waals surface area (Å²) in [7, 11) is -3.31. The van der Waals surface area contributed by atoms with Crippen molar-refractivity contribution in [2.24, 2.45) is 0 Å². The molecule has 0 amide bonds. The van der Waals surface area contributed by atoms with Crippen LogP contribution < -0.4 is 4.74 Å². The van der Waals surface area contributed by atoms with Crippen molar-refractivity contribution >= 4 is 20.6 Å². The van der Waals surface area contributed by atoms with Gasteiger partial charge in [-0.15, -0.1) is 0 Å². The Morgan fingerprint density at radius 2 is 1.59 bits per heavy atom. The molecule has 34 heavy (non-hydrogen) atoms. The number of ether oxygens (including phenoxy) is 1. The van der Waals surface area contributed by atoms with Crippen LogP contribution in [0.1, 0.15) is 44.7 Å². The monoisotopic (exact) mass is 478 g/mol. The minimum atomic E-state index is -3.31. The standard InChI is InChI=1S/C29H34O4S/c1-5-33-29-25(23(4)28(30)26-16-9-10-17-27(26)29)19-18-21(2)12-11-13-22(3)20-34(31,32)24-14-7-6-8-15-24/h6-10,13-18,30H,5,11-12,19-20H2,1-4H3/b21-18+,22-13+. The molecule has 0 aliphatic heterocycles. The zero-order valence-electron chi connectivity index (χ0n) is 20.5. The molecule has 180 valence electrons. The van der Waals surface area contributed by atoms with E-state index in [-0.39, 0.29) is 5.75 Å². The smallest absolute Gasteiger partial charge is 0.182 e. The third kappa shape index (κ3) is 6.09. The predicted octanol–water partition coefficient (Wildman–Crippen LogP) is 6.94. The number of hydrogen-bond donors (Lipinski definition) is 1. The van der Waals surface area contributed by atoms with Gasteiger partial charge in [-0.1, -0.05) is 65.8 Å².